The van der Waals surface area contributed by atoms with Crippen LogP contribution in [0.15, 0.2) is 42.7 Å². The molecule has 0 aliphatic carbocycles. The van der Waals surface area contributed by atoms with E-state index in [1.54, 1.807) is 0 Å². The fourth-order valence-corrected chi connectivity index (χ4v) is 4.46. The van der Waals surface area contributed by atoms with Crippen LogP contribution in [0.25, 0.3) is 5.69 Å². The average molecular weight is 455 g/mol. The number of ether oxygens (including phenoxy) is 1. The Bertz CT molecular complexity index is 1120. The van der Waals surface area contributed by atoms with Crippen LogP contribution < -0.4 is 10.2 Å². The maximum absolute atomic E-state index is 13.6. The normalized spacial score (nSPS) is 18.2. The van der Waals surface area contributed by atoms with Crippen molar-refractivity contribution in [2.24, 2.45) is 0 Å². The Labute approximate surface area is 192 Å². The smallest absolute Gasteiger partial charge is 0.246 e. The molecule has 1 aromatic heterocycles. The van der Waals surface area contributed by atoms with Crippen molar-refractivity contribution in [3.05, 3.63) is 59.9 Å². The number of halogens is 2. The molecule has 0 amide bonds. The number of hydrogen-bond acceptors (Lipinski definition) is 6. The first-order chi connectivity index (χ1) is 15.9. The lowest BCUT2D eigenvalue weighted by atomic mass is 9.96. The van der Waals surface area contributed by atoms with Crippen LogP contribution in [0, 0.1) is 11.6 Å². The van der Waals surface area contributed by atoms with E-state index in [-0.39, 0.29) is 11.2 Å². The molecule has 2 aromatic carbocycles. The van der Waals surface area contributed by atoms with E-state index >= 15 is 0 Å². The van der Waals surface area contributed by atoms with Crippen molar-refractivity contribution in [2.75, 3.05) is 49.6 Å². The molecule has 2 aliphatic rings. The third kappa shape index (κ3) is 4.56. The van der Waals surface area contributed by atoms with Gasteiger partial charge < -0.3 is 15.0 Å². The van der Waals surface area contributed by atoms with Crippen LogP contribution in [0.3, 0.4) is 0 Å². The Morgan fingerprint density at radius 1 is 0.970 bits per heavy atom. The van der Waals surface area contributed by atoms with Crippen molar-refractivity contribution in [3.8, 4) is 5.69 Å². The predicted octanol–water partition coefficient (Wildman–Crippen LogP) is 3.76. The number of aryl methyl sites for hydroxylation is 1. The highest BCUT2D eigenvalue weighted by Crippen LogP contribution is 2.29. The van der Waals surface area contributed by atoms with Crippen molar-refractivity contribution in [3.63, 3.8) is 0 Å². The van der Waals surface area contributed by atoms with Crippen molar-refractivity contribution in [1.29, 1.82) is 0 Å². The molecule has 0 atom stereocenters. The number of benzene rings is 2. The number of rotatable bonds is 6. The maximum Gasteiger partial charge on any atom is 0.246 e. The molecule has 9 heteroatoms. The van der Waals surface area contributed by atoms with Gasteiger partial charge in [-0.1, -0.05) is 6.92 Å². The van der Waals surface area contributed by atoms with Gasteiger partial charge in [0.2, 0.25) is 5.95 Å². The van der Waals surface area contributed by atoms with E-state index in [0.29, 0.717) is 5.95 Å². The molecular formula is C24H28F2N6O. The van der Waals surface area contributed by atoms with Gasteiger partial charge in [0.25, 0.3) is 0 Å². The summed E-state index contributed by atoms with van der Waals surface area (Å²) in [5, 5.41) is 7.58. The van der Waals surface area contributed by atoms with E-state index in [2.05, 4.69) is 57.2 Å². The SMILES string of the molecule is CCc1cc(Nc2ncn(-c3cc(F)cc(F)c3)n2)cc(N2CCN(C3(C)COC3)CC2)c1. The monoisotopic (exact) mass is 454 g/mol. The molecule has 0 bridgehead atoms. The molecule has 0 radical (unpaired) electrons. The van der Waals surface area contributed by atoms with Crippen LogP contribution in [0.1, 0.15) is 19.4 Å². The molecule has 0 unspecified atom stereocenters. The minimum atomic E-state index is -0.658. The van der Waals surface area contributed by atoms with Crippen LogP contribution >= 0.6 is 0 Å². The van der Waals surface area contributed by atoms with Gasteiger partial charge in [0.05, 0.1) is 24.4 Å². The third-order valence-corrected chi connectivity index (χ3v) is 6.48. The zero-order valence-electron chi connectivity index (χ0n) is 18.9. The van der Waals surface area contributed by atoms with Gasteiger partial charge in [0.1, 0.15) is 18.0 Å². The first-order valence-corrected chi connectivity index (χ1v) is 11.3. The molecule has 0 saturated carbocycles. The van der Waals surface area contributed by atoms with Gasteiger partial charge in [-0.25, -0.2) is 13.5 Å². The van der Waals surface area contributed by atoms with E-state index in [0.717, 1.165) is 63.3 Å². The van der Waals surface area contributed by atoms with Gasteiger partial charge in [-0.05, 0) is 49.2 Å². The summed E-state index contributed by atoms with van der Waals surface area (Å²) in [6.45, 7) is 9.97. The zero-order valence-corrected chi connectivity index (χ0v) is 18.9. The summed E-state index contributed by atoms with van der Waals surface area (Å²) >= 11 is 0. The molecule has 3 heterocycles. The molecule has 1 N–H and O–H groups in total. The van der Waals surface area contributed by atoms with Crippen LogP contribution in [-0.2, 0) is 11.2 Å². The summed E-state index contributed by atoms with van der Waals surface area (Å²) in [5.41, 5.74) is 3.72. The molecule has 3 aromatic rings. The summed E-state index contributed by atoms with van der Waals surface area (Å²) in [5.74, 6) is -0.954. The number of nitrogens with zero attached hydrogens (tertiary/aromatic N) is 5. The molecule has 7 nitrogen and oxygen atoms in total. The Morgan fingerprint density at radius 3 is 2.33 bits per heavy atom. The molecule has 5 rings (SSSR count). The van der Waals surface area contributed by atoms with Crippen molar-refractivity contribution in [1.82, 2.24) is 19.7 Å². The Kier molecular flexibility index (Phi) is 5.76. The highest BCUT2D eigenvalue weighted by molar-refractivity contribution is 5.64. The first kappa shape index (κ1) is 21.8. The molecule has 174 valence electrons. The lowest BCUT2D eigenvalue weighted by molar-refractivity contribution is -0.131. The minimum absolute atomic E-state index is 0.180. The summed E-state index contributed by atoms with van der Waals surface area (Å²) in [7, 11) is 0. The fraction of sp³-hybridized carbons (Fsp3) is 0.417. The highest BCUT2D eigenvalue weighted by Gasteiger charge is 2.40. The quantitative estimate of drug-likeness (QED) is 0.612. The van der Waals surface area contributed by atoms with Crippen LogP contribution in [0.5, 0.6) is 0 Å². The number of piperazine rings is 1. The molecular weight excluding hydrogens is 426 g/mol. The molecule has 0 spiro atoms. The zero-order chi connectivity index (χ0) is 23.0. The Morgan fingerprint density at radius 2 is 1.70 bits per heavy atom. The molecule has 2 fully saturated rings. The van der Waals surface area contributed by atoms with Gasteiger partial charge in [0, 0.05) is 43.6 Å². The summed E-state index contributed by atoms with van der Waals surface area (Å²) in [6, 6.07) is 9.68. The minimum Gasteiger partial charge on any atom is -0.377 e. The standard InChI is InChI=1S/C24H28F2N6O/c1-3-17-8-20(28-23-27-16-32(29-23)22-11-18(25)10-19(26)12-22)13-21(9-17)30-4-6-31(7-5-30)24(2)14-33-15-24/h8-13,16H,3-7,14-15H2,1-2H3,(H,28,29). The maximum atomic E-state index is 13.6. The second kappa shape index (κ2) is 8.72. The number of nitrogens with one attached hydrogen (secondary N) is 1. The summed E-state index contributed by atoms with van der Waals surface area (Å²) in [4.78, 5) is 9.20. The van der Waals surface area contributed by atoms with Crippen molar-refractivity contribution >= 4 is 17.3 Å². The average Bonchev–Trinajstić information content (AvgIpc) is 3.25. The summed E-state index contributed by atoms with van der Waals surface area (Å²) in [6.07, 6.45) is 2.34. The van der Waals surface area contributed by atoms with Gasteiger partial charge in [-0.3, -0.25) is 4.90 Å². The summed E-state index contributed by atoms with van der Waals surface area (Å²) < 4.78 is 33.9. The first-order valence-electron chi connectivity index (χ1n) is 11.3. The lowest BCUT2D eigenvalue weighted by Crippen LogP contribution is -2.64. The number of aromatic nitrogens is 3. The number of hydrogen-bond donors (Lipinski definition) is 1. The Balaban J connectivity index is 1.31. The second-order valence-electron chi connectivity index (χ2n) is 8.97. The topological polar surface area (TPSA) is 58.5 Å². The van der Waals surface area contributed by atoms with Crippen LogP contribution in [0.4, 0.5) is 26.1 Å². The molecule has 2 aliphatic heterocycles. The van der Waals surface area contributed by atoms with Crippen LogP contribution in [0.2, 0.25) is 0 Å². The number of anilines is 3. The predicted molar refractivity (Wildman–Crippen MR) is 123 cm³/mol. The van der Waals surface area contributed by atoms with E-state index < -0.39 is 11.6 Å². The second-order valence-corrected chi connectivity index (χ2v) is 8.97. The highest BCUT2D eigenvalue weighted by atomic mass is 19.1. The largest absolute Gasteiger partial charge is 0.377 e. The van der Waals surface area contributed by atoms with E-state index in [1.165, 1.54) is 28.7 Å². The van der Waals surface area contributed by atoms with E-state index in [9.17, 15) is 8.78 Å². The van der Waals surface area contributed by atoms with Crippen LogP contribution in [-0.4, -0.2) is 64.6 Å². The fourth-order valence-electron chi connectivity index (χ4n) is 4.46. The van der Waals surface area contributed by atoms with E-state index in [4.69, 9.17) is 4.74 Å². The Hall–Kier alpha value is -3.04. The van der Waals surface area contributed by atoms with Gasteiger partial charge in [-0.2, -0.15) is 4.98 Å². The molecule has 2 saturated heterocycles. The van der Waals surface area contributed by atoms with Crippen molar-refractivity contribution in [2.45, 2.75) is 25.8 Å². The third-order valence-electron chi connectivity index (χ3n) is 6.48. The lowest BCUT2D eigenvalue weighted by Gasteiger charge is -2.50. The van der Waals surface area contributed by atoms with Gasteiger partial charge in [0.15, 0.2) is 0 Å². The van der Waals surface area contributed by atoms with E-state index in [1.807, 2.05) is 0 Å². The van der Waals surface area contributed by atoms with Gasteiger partial charge >= 0.3 is 0 Å². The van der Waals surface area contributed by atoms with Crippen molar-refractivity contribution < 1.29 is 13.5 Å². The van der Waals surface area contributed by atoms with Gasteiger partial charge in [-0.15, -0.1) is 5.10 Å². The molecule has 33 heavy (non-hydrogen) atoms.